The predicted molar refractivity (Wildman–Crippen MR) is 93.1 cm³/mol. The van der Waals surface area contributed by atoms with Crippen LogP contribution >= 0.6 is 23.4 Å². The van der Waals surface area contributed by atoms with Gasteiger partial charge >= 0.3 is 0 Å². The average Bonchev–Trinajstić information content (AvgIpc) is 3.05. The van der Waals surface area contributed by atoms with Crippen LogP contribution in [-0.4, -0.2) is 20.2 Å². The van der Waals surface area contributed by atoms with E-state index >= 15 is 0 Å². The zero-order valence-electron chi connectivity index (χ0n) is 12.6. The van der Waals surface area contributed by atoms with Crippen molar-refractivity contribution in [3.8, 4) is 11.5 Å². The molecule has 24 heavy (non-hydrogen) atoms. The van der Waals surface area contributed by atoms with E-state index in [9.17, 15) is 0 Å². The summed E-state index contributed by atoms with van der Waals surface area (Å²) >= 11 is 7.22. The lowest BCUT2D eigenvalue weighted by Gasteiger charge is -2.03. The van der Waals surface area contributed by atoms with Gasteiger partial charge in [0.05, 0.1) is 5.52 Å². The number of hydrogen-bond acceptors (Lipinski definition) is 6. The first kappa shape index (κ1) is 15.1. The van der Waals surface area contributed by atoms with Gasteiger partial charge in [0, 0.05) is 16.0 Å². The molecule has 2 aromatic carbocycles. The second kappa shape index (κ2) is 6.22. The SMILES string of the molecule is Cc1cccc2c(Sc3nnc(-c4ccc(Cl)cc4)o3)ncnc12. The van der Waals surface area contributed by atoms with Crippen molar-refractivity contribution in [1.82, 2.24) is 20.2 Å². The average molecular weight is 355 g/mol. The number of rotatable bonds is 3. The summed E-state index contributed by atoms with van der Waals surface area (Å²) in [5.41, 5.74) is 2.85. The molecule has 0 radical (unpaired) electrons. The van der Waals surface area contributed by atoms with Crippen molar-refractivity contribution >= 4 is 34.3 Å². The molecule has 0 bridgehead atoms. The van der Waals surface area contributed by atoms with Gasteiger partial charge in [0.15, 0.2) is 0 Å². The maximum absolute atomic E-state index is 5.89. The summed E-state index contributed by atoms with van der Waals surface area (Å²) in [6, 6.07) is 13.2. The van der Waals surface area contributed by atoms with Gasteiger partial charge in [0.1, 0.15) is 11.4 Å². The number of aryl methyl sites for hydroxylation is 1. The van der Waals surface area contributed by atoms with Gasteiger partial charge in [-0.25, -0.2) is 9.97 Å². The quantitative estimate of drug-likeness (QED) is 0.493. The van der Waals surface area contributed by atoms with Crippen LogP contribution in [0.25, 0.3) is 22.4 Å². The van der Waals surface area contributed by atoms with Crippen molar-refractivity contribution < 1.29 is 4.42 Å². The van der Waals surface area contributed by atoms with Crippen LogP contribution in [0.2, 0.25) is 5.02 Å². The van der Waals surface area contributed by atoms with Crippen LogP contribution in [0.3, 0.4) is 0 Å². The van der Waals surface area contributed by atoms with Gasteiger partial charge in [-0.3, -0.25) is 0 Å². The molecule has 2 aromatic heterocycles. The number of para-hydroxylation sites is 1. The van der Waals surface area contributed by atoms with Crippen LogP contribution < -0.4 is 0 Å². The van der Waals surface area contributed by atoms with Gasteiger partial charge in [-0.05, 0) is 48.5 Å². The number of fused-ring (bicyclic) bond motifs is 1. The van der Waals surface area contributed by atoms with Crippen LogP contribution in [0.15, 0.2) is 63.5 Å². The molecule has 0 aliphatic carbocycles. The summed E-state index contributed by atoms with van der Waals surface area (Å²) in [4.78, 5) is 8.68. The molecule has 0 aliphatic heterocycles. The fourth-order valence-electron chi connectivity index (χ4n) is 2.34. The molecular weight excluding hydrogens is 344 g/mol. The summed E-state index contributed by atoms with van der Waals surface area (Å²) in [6.45, 7) is 2.02. The van der Waals surface area contributed by atoms with Gasteiger partial charge in [-0.1, -0.05) is 29.8 Å². The topological polar surface area (TPSA) is 64.7 Å². The lowest BCUT2D eigenvalue weighted by Crippen LogP contribution is -1.89. The fraction of sp³-hybridized carbons (Fsp3) is 0.0588. The van der Waals surface area contributed by atoms with E-state index in [-0.39, 0.29) is 0 Å². The number of benzene rings is 2. The monoisotopic (exact) mass is 354 g/mol. The molecular formula is C17H11ClN4OS. The molecule has 0 saturated heterocycles. The van der Waals surface area contributed by atoms with Crippen LogP contribution in [0.4, 0.5) is 0 Å². The zero-order chi connectivity index (χ0) is 16.5. The van der Waals surface area contributed by atoms with E-state index in [1.807, 2.05) is 37.3 Å². The van der Waals surface area contributed by atoms with Crippen molar-refractivity contribution in [2.24, 2.45) is 0 Å². The van der Waals surface area contributed by atoms with Crippen molar-refractivity contribution in [3.05, 3.63) is 59.4 Å². The second-order valence-electron chi connectivity index (χ2n) is 5.13. The normalized spacial score (nSPS) is 11.1. The maximum atomic E-state index is 5.89. The molecule has 2 heterocycles. The van der Waals surface area contributed by atoms with Gasteiger partial charge in [0.25, 0.3) is 5.22 Å². The Labute approximate surface area is 147 Å². The van der Waals surface area contributed by atoms with Crippen LogP contribution in [0, 0.1) is 6.92 Å². The first-order valence-electron chi connectivity index (χ1n) is 7.18. The Balaban J connectivity index is 1.67. The van der Waals surface area contributed by atoms with Crippen LogP contribution in [0.1, 0.15) is 5.56 Å². The summed E-state index contributed by atoms with van der Waals surface area (Å²) < 4.78 is 5.73. The van der Waals surface area contributed by atoms with E-state index in [4.69, 9.17) is 16.0 Å². The minimum absolute atomic E-state index is 0.432. The van der Waals surface area contributed by atoms with Crippen LogP contribution in [0.5, 0.6) is 0 Å². The second-order valence-corrected chi connectivity index (χ2v) is 6.51. The van der Waals surface area contributed by atoms with E-state index in [0.717, 1.165) is 27.1 Å². The number of aromatic nitrogens is 4. The predicted octanol–water partition coefficient (Wildman–Crippen LogP) is 4.79. The fourth-order valence-corrected chi connectivity index (χ4v) is 3.20. The first-order chi connectivity index (χ1) is 11.7. The van der Waals surface area contributed by atoms with Gasteiger partial charge < -0.3 is 4.42 Å². The molecule has 0 amide bonds. The third-order valence-electron chi connectivity index (χ3n) is 3.51. The highest BCUT2D eigenvalue weighted by Crippen LogP contribution is 2.32. The van der Waals surface area contributed by atoms with Crippen molar-refractivity contribution in [1.29, 1.82) is 0 Å². The lowest BCUT2D eigenvalue weighted by atomic mass is 10.1. The summed E-state index contributed by atoms with van der Waals surface area (Å²) in [6.07, 6.45) is 1.55. The highest BCUT2D eigenvalue weighted by Gasteiger charge is 2.13. The van der Waals surface area contributed by atoms with E-state index < -0.39 is 0 Å². The van der Waals surface area contributed by atoms with Crippen LogP contribution in [-0.2, 0) is 0 Å². The molecule has 118 valence electrons. The first-order valence-corrected chi connectivity index (χ1v) is 8.38. The smallest absolute Gasteiger partial charge is 0.283 e. The van der Waals surface area contributed by atoms with E-state index in [1.165, 1.54) is 11.8 Å². The third kappa shape index (κ3) is 2.86. The third-order valence-corrected chi connectivity index (χ3v) is 4.62. The van der Waals surface area contributed by atoms with Gasteiger partial charge in [-0.15, -0.1) is 10.2 Å². The van der Waals surface area contributed by atoms with Gasteiger partial charge in [-0.2, -0.15) is 0 Å². The molecule has 7 heteroatoms. The van der Waals surface area contributed by atoms with Crippen molar-refractivity contribution in [2.75, 3.05) is 0 Å². The molecule has 4 rings (SSSR count). The molecule has 0 aliphatic rings. The molecule has 0 fully saturated rings. The standard InChI is InChI=1S/C17H11ClN4OS/c1-10-3-2-4-13-14(10)19-9-20-16(13)24-17-22-21-15(23-17)11-5-7-12(18)8-6-11/h2-9H,1H3. The molecule has 0 spiro atoms. The molecule has 0 unspecified atom stereocenters. The van der Waals surface area contributed by atoms with E-state index in [2.05, 4.69) is 20.2 Å². The Kier molecular flexibility index (Phi) is 3.92. The molecule has 4 aromatic rings. The van der Waals surface area contributed by atoms with E-state index in [0.29, 0.717) is 16.1 Å². The molecule has 0 saturated carbocycles. The van der Waals surface area contributed by atoms with Gasteiger partial charge in [0.2, 0.25) is 5.89 Å². The Morgan fingerprint density at radius 3 is 2.67 bits per heavy atom. The number of hydrogen-bond donors (Lipinski definition) is 0. The Bertz CT molecular complexity index is 1020. The highest BCUT2D eigenvalue weighted by atomic mass is 35.5. The summed E-state index contributed by atoms with van der Waals surface area (Å²) in [7, 11) is 0. The zero-order valence-corrected chi connectivity index (χ0v) is 14.2. The number of nitrogens with zero attached hydrogens (tertiary/aromatic N) is 4. The summed E-state index contributed by atoms with van der Waals surface area (Å²) in [5, 5.41) is 11.0. The van der Waals surface area contributed by atoms with Crippen molar-refractivity contribution in [2.45, 2.75) is 17.2 Å². The largest absolute Gasteiger partial charge is 0.411 e. The molecule has 0 atom stereocenters. The van der Waals surface area contributed by atoms with E-state index in [1.54, 1.807) is 18.5 Å². The Morgan fingerprint density at radius 2 is 1.83 bits per heavy atom. The maximum Gasteiger partial charge on any atom is 0.283 e. The van der Waals surface area contributed by atoms with Crippen molar-refractivity contribution in [3.63, 3.8) is 0 Å². The highest BCUT2D eigenvalue weighted by molar-refractivity contribution is 7.99. The number of halogens is 1. The minimum atomic E-state index is 0.432. The summed E-state index contributed by atoms with van der Waals surface area (Å²) in [5.74, 6) is 0.448. The Hall–Kier alpha value is -2.44. The molecule has 0 N–H and O–H groups in total. The Morgan fingerprint density at radius 1 is 1.00 bits per heavy atom. The molecule has 5 nitrogen and oxygen atoms in total. The minimum Gasteiger partial charge on any atom is -0.411 e. The lowest BCUT2D eigenvalue weighted by molar-refractivity contribution is 0.465.